The summed E-state index contributed by atoms with van der Waals surface area (Å²) in [4.78, 5) is 0. The number of hydrogen-bond acceptors (Lipinski definition) is 3. The molecule has 0 amide bonds. The molecule has 0 fully saturated rings. The van der Waals surface area contributed by atoms with E-state index >= 15 is 0 Å². The third-order valence-corrected chi connectivity index (χ3v) is 2.86. The molecule has 0 aliphatic carbocycles. The molecule has 0 radical (unpaired) electrons. The van der Waals surface area contributed by atoms with Crippen molar-refractivity contribution in [3.05, 3.63) is 58.7 Å². The van der Waals surface area contributed by atoms with Gasteiger partial charge < -0.3 is 0 Å². The Morgan fingerprint density at radius 1 is 0.842 bits per heavy atom. The summed E-state index contributed by atoms with van der Waals surface area (Å²) in [6, 6.07) is 16.7. The van der Waals surface area contributed by atoms with E-state index in [0.717, 1.165) is 11.1 Å². The van der Waals surface area contributed by atoms with Gasteiger partial charge in [0, 0.05) is 5.56 Å². The Morgan fingerprint density at radius 3 is 2.05 bits per heavy atom. The van der Waals surface area contributed by atoms with Crippen LogP contribution in [0.1, 0.15) is 22.3 Å². The molecule has 0 bridgehead atoms. The molecule has 0 atom stereocenters. The van der Waals surface area contributed by atoms with Crippen LogP contribution in [-0.4, -0.2) is 0 Å². The first-order chi connectivity index (χ1) is 9.19. The summed E-state index contributed by atoms with van der Waals surface area (Å²) in [5.41, 5.74) is 3.49. The minimum absolute atomic E-state index is 0.233. The molecule has 3 heteroatoms. The summed E-state index contributed by atoms with van der Waals surface area (Å²) in [6.45, 7) is 1.97. The lowest BCUT2D eigenvalue weighted by Gasteiger charge is -2.07. The van der Waals surface area contributed by atoms with Gasteiger partial charge in [0.25, 0.3) is 0 Å². The second-order valence-corrected chi connectivity index (χ2v) is 4.15. The summed E-state index contributed by atoms with van der Waals surface area (Å²) in [5.74, 6) is 0. The molecule has 88 valence electrons. The number of nitriles is 3. The van der Waals surface area contributed by atoms with Crippen LogP contribution >= 0.6 is 0 Å². The minimum atomic E-state index is 0.233. The SMILES string of the molecule is Cc1ccc(-c2cc(C#N)cc(C#N)c2C#N)cc1. The van der Waals surface area contributed by atoms with E-state index in [-0.39, 0.29) is 5.56 Å². The topological polar surface area (TPSA) is 71.4 Å². The fourth-order valence-corrected chi connectivity index (χ4v) is 1.88. The Labute approximate surface area is 111 Å². The van der Waals surface area contributed by atoms with E-state index in [9.17, 15) is 5.26 Å². The summed E-state index contributed by atoms with van der Waals surface area (Å²) in [7, 11) is 0. The van der Waals surface area contributed by atoms with Crippen molar-refractivity contribution in [3.63, 3.8) is 0 Å². The van der Waals surface area contributed by atoms with Crippen LogP contribution in [0.3, 0.4) is 0 Å². The fraction of sp³-hybridized carbons (Fsp3) is 0.0625. The van der Waals surface area contributed by atoms with Gasteiger partial charge in [-0.3, -0.25) is 0 Å². The third kappa shape index (κ3) is 2.29. The maximum absolute atomic E-state index is 9.23. The van der Waals surface area contributed by atoms with E-state index in [4.69, 9.17) is 10.5 Å². The first-order valence-corrected chi connectivity index (χ1v) is 5.65. The molecule has 3 nitrogen and oxygen atoms in total. The number of benzene rings is 2. The molecule has 0 aliphatic rings. The molecule has 0 aliphatic heterocycles. The maximum Gasteiger partial charge on any atom is 0.101 e. The summed E-state index contributed by atoms with van der Waals surface area (Å²) < 4.78 is 0. The van der Waals surface area contributed by atoms with E-state index in [0.29, 0.717) is 16.7 Å². The maximum atomic E-state index is 9.23. The van der Waals surface area contributed by atoms with Crippen molar-refractivity contribution in [3.8, 4) is 29.3 Å². The lowest BCUT2D eigenvalue weighted by atomic mass is 9.94. The predicted molar refractivity (Wildman–Crippen MR) is 70.8 cm³/mol. The Hall–Kier alpha value is -3.09. The molecule has 0 saturated carbocycles. The van der Waals surface area contributed by atoms with Crippen LogP contribution in [0, 0.1) is 40.9 Å². The van der Waals surface area contributed by atoms with Gasteiger partial charge in [0.1, 0.15) is 12.1 Å². The molecule has 0 unspecified atom stereocenters. The highest BCUT2D eigenvalue weighted by atomic mass is 14.3. The van der Waals surface area contributed by atoms with Gasteiger partial charge >= 0.3 is 0 Å². The van der Waals surface area contributed by atoms with Gasteiger partial charge in [0.2, 0.25) is 0 Å². The van der Waals surface area contributed by atoms with E-state index in [1.54, 1.807) is 6.07 Å². The van der Waals surface area contributed by atoms with Gasteiger partial charge in [-0.25, -0.2) is 0 Å². The number of hydrogen-bond donors (Lipinski definition) is 0. The predicted octanol–water partition coefficient (Wildman–Crippen LogP) is 3.28. The van der Waals surface area contributed by atoms with Crippen molar-refractivity contribution >= 4 is 0 Å². The average Bonchev–Trinajstić information content (AvgIpc) is 2.46. The Morgan fingerprint density at radius 2 is 1.53 bits per heavy atom. The lowest BCUT2D eigenvalue weighted by molar-refractivity contribution is 1.40. The lowest BCUT2D eigenvalue weighted by Crippen LogP contribution is -1.92. The Bertz CT molecular complexity index is 751. The van der Waals surface area contributed by atoms with Gasteiger partial charge in [0.05, 0.1) is 22.8 Å². The van der Waals surface area contributed by atoms with Crippen molar-refractivity contribution in [2.75, 3.05) is 0 Å². The first kappa shape index (κ1) is 12.4. The number of aryl methyl sites for hydroxylation is 1. The molecule has 0 aromatic heterocycles. The van der Waals surface area contributed by atoms with E-state index in [2.05, 4.69) is 0 Å². The zero-order chi connectivity index (χ0) is 13.8. The average molecular weight is 243 g/mol. The molecule has 19 heavy (non-hydrogen) atoms. The fourth-order valence-electron chi connectivity index (χ4n) is 1.88. The zero-order valence-electron chi connectivity index (χ0n) is 10.3. The van der Waals surface area contributed by atoms with E-state index in [1.165, 1.54) is 6.07 Å². The minimum Gasteiger partial charge on any atom is -0.192 e. The normalized spacial score (nSPS) is 9.16. The summed E-state index contributed by atoms with van der Waals surface area (Å²) in [6.07, 6.45) is 0. The molecule has 0 spiro atoms. The Kier molecular flexibility index (Phi) is 3.29. The molecule has 0 saturated heterocycles. The van der Waals surface area contributed by atoms with Gasteiger partial charge in [-0.1, -0.05) is 29.8 Å². The molecule has 0 heterocycles. The largest absolute Gasteiger partial charge is 0.192 e. The van der Waals surface area contributed by atoms with Crippen LogP contribution in [0.4, 0.5) is 0 Å². The van der Waals surface area contributed by atoms with Gasteiger partial charge in [0.15, 0.2) is 0 Å². The molecule has 2 aromatic rings. The first-order valence-electron chi connectivity index (χ1n) is 5.65. The van der Waals surface area contributed by atoms with Crippen LogP contribution in [0.2, 0.25) is 0 Å². The second kappa shape index (κ2) is 5.05. The highest BCUT2D eigenvalue weighted by molar-refractivity contribution is 5.75. The molecule has 2 rings (SSSR count). The van der Waals surface area contributed by atoms with Gasteiger partial charge in [-0.05, 0) is 24.6 Å². The van der Waals surface area contributed by atoms with Crippen molar-refractivity contribution in [1.29, 1.82) is 15.8 Å². The second-order valence-electron chi connectivity index (χ2n) is 4.15. The van der Waals surface area contributed by atoms with Crippen LogP contribution < -0.4 is 0 Å². The van der Waals surface area contributed by atoms with Crippen LogP contribution in [-0.2, 0) is 0 Å². The number of nitrogens with zero attached hydrogens (tertiary/aromatic N) is 3. The van der Waals surface area contributed by atoms with Gasteiger partial charge in [-0.2, -0.15) is 15.8 Å². The molecular formula is C16H9N3. The van der Waals surface area contributed by atoms with E-state index in [1.807, 2.05) is 49.4 Å². The van der Waals surface area contributed by atoms with Crippen LogP contribution in [0.25, 0.3) is 11.1 Å². The summed E-state index contributed by atoms with van der Waals surface area (Å²) >= 11 is 0. The quantitative estimate of drug-likeness (QED) is 0.771. The molecular weight excluding hydrogens is 234 g/mol. The summed E-state index contributed by atoms with van der Waals surface area (Å²) in [5, 5.41) is 27.3. The zero-order valence-corrected chi connectivity index (χ0v) is 10.3. The molecule has 0 N–H and O–H groups in total. The van der Waals surface area contributed by atoms with Crippen LogP contribution in [0.15, 0.2) is 36.4 Å². The number of rotatable bonds is 1. The van der Waals surface area contributed by atoms with Crippen LogP contribution in [0.5, 0.6) is 0 Å². The van der Waals surface area contributed by atoms with E-state index < -0.39 is 0 Å². The highest BCUT2D eigenvalue weighted by Gasteiger charge is 2.12. The highest BCUT2D eigenvalue weighted by Crippen LogP contribution is 2.27. The Balaban J connectivity index is 2.76. The van der Waals surface area contributed by atoms with Crippen molar-refractivity contribution in [2.45, 2.75) is 6.92 Å². The van der Waals surface area contributed by atoms with Crippen molar-refractivity contribution in [2.24, 2.45) is 0 Å². The molecule has 2 aromatic carbocycles. The third-order valence-electron chi connectivity index (χ3n) is 2.86. The van der Waals surface area contributed by atoms with Gasteiger partial charge in [-0.15, -0.1) is 0 Å². The van der Waals surface area contributed by atoms with Crippen molar-refractivity contribution in [1.82, 2.24) is 0 Å². The monoisotopic (exact) mass is 243 g/mol. The standard InChI is InChI=1S/C16H9N3/c1-11-2-4-13(5-3-11)15-7-12(8-17)6-14(9-18)16(15)10-19/h2-7H,1H3. The van der Waals surface area contributed by atoms with Crippen molar-refractivity contribution < 1.29 is 0 Å². The smallest absolute Gasteiger partial charge is 0.101 e.